The van der Waals surface area contributed by atoms with Crippen LogP contribution in [0.15, 0.2) is 24.0 Å². The molecule has 1 saturated heterocycles. The molecule has 0 aromatic rings. The number of ether oxygens (including phenoxy) is 3. The van der Waals surface area contributed by atoms with E-state index in [4.69, 9.17) is 14.2 Å². The van der Waals surface area contributed by atoms with Crippen molar-refractivity contribution in [3.63, 3.8) is 0 Å². The summed E-state index contributed by atoms with van der Waals surface area (Å²) in [6.07, 6.45) is 0.584. The van der Waals surface area contributed by atoms with Gasteiger partial charge in [0.1, 0.15) is 5.76 Å². The molecule has 0 amide bonds. The maximum absolute atomic E-state index is 11.9. The number of carbonyl (C=O) groups excluding carboxylic acids is 3. The molecule has 0 radical (unpaired) electrons. The van der Waals surface area contributed by atoms with Gasteiger partial charge < -0.3 is 14.2 Å². The SMILES string of the molecule is C=C(C)C(=O)O/C(C)=C/C(C)C(=O)OC1C(=O)OCC1C. The van der Waals surface area contributed by atoms with Crippen molar-refractivity contribution >= 4 is 17.9 Å². The van der Waals surface area contributed by atoms with Gasteiger partial charge in [0.05, 0.1) is 12.5 Å². The fraction of sp³-hybridized carbons (Fsp3) is 0.533. The maximum Gasteiger partial charge on any atom is 0.347 e. The van der Waals surface area contributed by atoms with Crippen LogP contribution in [-0.2, 0) is 28.6 Å². The molecule has 0 bridgehead atoms. The first kappa shape index (κ1) is 16.9. The van der Waals surface area contributed by atoms with Crippen molar-refractivity contribution in [3.8, 4) is 0 Å². The Morgan fingerprint density at radius 3 is 2.52 bits per heavy atom. The van der Waals surface area contributed by atoms with Gasteiger partial charge in [0.2, 0.25) is 6.10 Å². The van der Waals surface area contributed by atoms with Crippen LogP contribution in [-0.4, -0.2) is 30.6 Å². The van der Waals surface area contributed by atoms with E-state index in [-0.39, 0.29) is 23.9 Å². The predicted molar refractivity (Wildman–Crippen MR) is 73.8 cm³/mol. The summed E-state index contributed by atoms with van der Waals surface area (Å²) in [5.74, 6) is -2.20. The number of esters is 3. The van der Waals surface area contributed by atoms with Gasteiger partial charge in [-0.2, -0.15) is 0 Å². The number of hydrogen-bond donors (Lipinski definition) is 0. The summed E-state index contributed by atoms with van der Waals surface area (Å²) < 4.78 is 14.9. The molecular weight excluding hydrogens is 276 g/mol. The molecule has 1 fully saturated rings. The molecule has 6 nitrogen and oxygen atoms in total. The molecule has 0 aromatic heterocycles. The Labute approximate surface area is 123 Å². The van der Waals surface area contributed by atoms with Gasteiger partial charge in [-0.05, 0) is 26.8 Å². The number of allylic oxidation sites excluding steroid dienone is 1. The normalized spacial score (nSPS) is 23.2. The molecule has 1 heterocycles. The summed E-state index contributed by atoms with van der Waals surface area (Å²) in [4.78, 5) is 34.6. The first-order valence-corrected chi connectivity index (χ1v) is 6.65. The minimum atomic E-state index is -0.869. The molecule has 0 aliphatic carbocycles. The van der Waals surface area contributed by atoms with E-state index in [9.17, 15) is 14.4 Å². The molecule has 1 rings (SSSR count). The highest BCUT2D eigenvalue weighted by molar-refractivity contribution is 5.87. The largest absolute Gasteiger partial charge is 0.462 e. The minimum absolute atomic E-state index is 0.167. The Balaban J connectivity index is 2.59. The molecule has 0 saturated carbocycles. The lowest BCUT2D eigenvalue weighted by Gasteiger charge is -2.15. The van der Waals surface area contributed by atoms with Crippen molar-refractivity contribution in [1.82, 2.24) is 0 Å². The van der Waals surface area contributed by atoms with Crippen LogP contribution in [0.2, 0.25) is 0 Å². The molecule has 21 heavy (non-hydrogen) atoms. The van der Waals surface area contributed by atoms with Crippen LogP contribution < -0.4 is 0 Å². The lowest BCUT2D eigenvalue weighted by Crippen LogP contribution is -2.29. The van der Waals surface area contributed by atoms with E-state index in [2.05, 4.69) is 6.58 Å². The van der Waals surface area contributed by atoms with Gasteiger partial charge in [-0.3, -0.25) is 4.79 Å². The molecule has 0 aromatic carbocycles. The maximum atomic E-state index is 11.9. The van der Waals surface area contributed by atoms with Gasteiger partial charge >= 0.3 is 17.9 Å². The molecule has 3 atom stereocenters. The summed E-state index contributed by atoms with van der Waals surface area (Å²) in [7, 11) is 0. The van der Waals surface area contributed by atoms with E-state index < -0.39 is 29.9 Å². The number of carbonyl (C=O) groups is 3. The van der Waals surface area contributed by atoms with Crippen LogP contribution in [0.3, 0.4) is 0 Å². The quantitative estimate of drug-likeness (QED) is 0.333. The predicted octanol–water partition coefficient (Wildman–Crippen LogP) is 1.75. The third-order valence-corrected chi connectivity index (χ3v) is 2.94. The zero-order chi connectivity index (χ0) is 16.2. The minimum Gasteiger partial charge on any atom is -0.462 e. The molecular formula is C15H20O6. The van der Waals surface area contributed by atoms with E-state index >= 15 is 0 Å². The lowest BCUT2D eigenvalue weighted by atomic mass is 10.1. The first-order chi connectivity index (χ1) is 9.72. The third kappa shape index (κ3) is 4.73. The highest BCUT2D eigenvalue weighted by atomic mass is 16.6. The molecule has 1 aliphatic rings. The first-order valence-electron chi connectivity index (χ1n) is 6.65. The zero-order valence-electron chi connectivity index (χ0n) is 12.7. The summed E-state index contributed by atoms with van der Waals surface area (Å²) in [5.41, 5.74) is 0.264. The van der Waals surface area contributed by atoms with Crippen molar-refractivity contribution < 1.29 is 28.6 Å². The van der Waals surface area contributed by atoms with E-state index in [1.807, 2.05) is 0 Å². The highest BCUT2D eigenvalue weighted by Gasteiger charge is 2.37. The second-order valence-electron chi connectivity index (χ2n) is 5.20. The van der Waals surface area contributed by atoms with E-state index in [0.29, 0.717) is 0 Å². The fourth-order valence-electron chi connectivity index (χ4n) is 1.70. The van der Waals surface area contributed by atoms with Gasteiger partial charge in [0, 0.05) is 11.5 Å². The monoisotopic (exact) mass is 296 g/mol. The Bertz CT molecular complexity index is 490. The zero-order valence-corrected chi connectivity index (χ0v) is 12.7. The topological polar surface area (TPSA) is 78.9 Å². The van der Waals surface area contributed by atoms with Crippen LogP contribution in [0.25, 0.3) is 0 Å². The summed E-state index contributed by atoms with van der Waals surface area (Å²) in [6.45, 7) is 10.1. The molecule has 6 heteroatoms. The molecule has 1 aliphatic heterocycles. The second kappa shape index (κ2) is 7.06. The van der Waals surface area contributed by atoms with Crippen molar-refractivity contribution in [2.75, 3.05) is 6.61 Å². The van der Waals surface area contributed by atoms with Crippen molar-refractivity contribution in [2.24, 2.45) is 11.8 Å². The van der Waals surface area contributed by atoms with Gasteiger partial charge in [0.25, 0.3) is 0 Å². The van der Waals surface area contributed by atoms with Gasteiger partial charge in [-0.25, -0.2) is 9.59 Å². The van der Waals surface area contributed by atoms with Crippen LogP contribution in [0.4, 0.5) is 0 Å². The smallest absolute Gasteiger partial charge is 0.347 e. The summed E-state index contributed by atoms with van der Waals surface area (Å²) in [5, 5.41) is 0. The average molecular weight is 296 g/mol. The van der Waals surface area contributed by atoms with E-state index in [1.54, 1.807) is 20.8 Å². The molecule has 116 valence electrons. The van der Waals surface area contributed by atoms with E-state index in [1.165, 1.54) is 13.0 Å². The fourth-order valence-corrected chi connectivity index (χ4v) is 1.70. The average Bonchev–Trinajstić information content (AvgIpc) is 2.69. The summed E-state index contributed by atoms with van der Waals surface area (Å²) >= 11 is 0. The van der Waals surface area contributed by atoms with Crippen LogP contribution >= 0.6 is 0 Å². The lowest BCUT2D eigenvalue weighted by molar-refractivity contribution is -0.163. The number of hydrogen-bond acceptors (Lipinski definition) is 6. The molecule has 0 spiro atoms. The standard InChI is InChI=1S/C15H20O6/c1-8(2)13(16)20-11(5)6-9(3)14(17)21-12-10(4)7-19-15(12)18/h6,9-10,12H,1,7H2,2-5H3/b11-6+. The number of cyclic esters (lactones) is 1. The molecule has 3 unspecified atom stereocenters. The Morgan fingerprint density at radius 2 is 2.05 bits per heavy atom. The Hall–Kier alpha value is -2.11. The second-order valence-corrected chi connectivity index (χ2v) is 5.20. The highest BCUT2D eigenvalue weighted by Crippen LogP contribution is 2.19. The van der Waals surface area contributed by atoms with E-state index in [0.717, 1.165) is 0 Å². The van der Waals surface area contributed by atoms with Crippen LogP contribution in [0.1, 0.15) is 27.7 Å². The Morgan fingerprint density at radius 1 is 1.43 bits per heavy atom. The Kier molecular flexibility index (Phi) is 5.69. The van der Waals surface area contributed by atoms with Gasteiger partial charge in [0.15, 0.2) is 0 Å². The van der Waals surface area contributed by atoms with Crippen molar-refractivity contribution in [2.45, 2.75) is 33.8 Å². The summed E-state index contributed by atoms with van der Waals surface area (Å²) in [6, 6.07) is 0. The van der Waals surface area contributed by atoms with Crippen molar-refractivity contribution in [3.05, 3.63) is 24.0 Å². The molecule has 0 N–H and O–H groups in total. The van der Waals surface area contributed by atoms with Crippen molar-refractivity contribution in [1.29, 1.82) is 0 Å². The third-order valence-electron chi connectivity index (χ3n) is 2.94. The van der Waals surface area contributed by atoms with Gasteiger partial charge in [-0.15, -0.1) is 0 Å². The van der Waals surface area contributed by atoms with Crippen LogP contribution in [0, 0.1) is 11.8 Å². The van der Waals surface area contributed by atoms with Crippen LogP contribution in [0.5, 0.6) is 0 Å². The van der Waals surface area contributed by atoms with Gasteiger partial charge in [-0.1, -0.05) is 13.5 Å². The number of rotatable bonds is 5.